The fourth-order valence-corrected chi connectivity index (χ4v) is 2.85. The maximum atomic E-state index is 11.9. The fourth-order valence-electron chi connectivity index (χ4n) is 1.71. The van der Waals surface area contributed by atoms with Crippen molar-refractivity contribution in [2.24, 2.45) is 0 Å². The Balaban J connectivity index is 1.87. The number of carbonyl (C=O) groups excluding carboxylic acids is 3. The Kier molecular flexibility index (Phi) is 4.82. The van der Waals surface area contributed by atoms with Crippen LogP contribution in [0.2, 0.25) is 0 Å². The largest absolute Gasteiger partial charge is 0.350 e. The van der Waals surface area contributed by atoms with Crippen molar-refractivity contribution in [1.82, 2.24) is 10.2 Å². The molecule has 1 aromatic rings. The highest BCUT2D eigenvalue weighted by molar-refractivity contribution is 9.10. The van der Waals surface area contributed by atoms with Crippen LogP contribution >= 0.6 is 27.7 Å². The van der Waals surface area contributed by atoms with E-state index >= 15 is 0 Å². The second-order valence-corrected chi connectivity index (χ2v) is 6.10. The van der Waals surface area contributed by atoms with E-state index in [0.29, 0.717) is 5.56 Å². The van der Waals surface area contributed by atoms with Gasteiger partial charge in [0.2, 0.25) is 5.91 Å². The monoisotopic (exact) mass is 356 g/mol. The van der Waals surface area contributed by atoms with E-state index in [1.165, 1.54) is 0 Å². The van der Waals surface area contributed by atoms with Crippen LogP contribution in [0.25, 0.3) is 0 Å². The van der Waals surface area contributed by atoms with Crippen LogP contribution in [-0.4, -0.2) is 40.8 Å². The Morgan fingerprint density at radius 3 is 2.80 bits per heavy atom. The Morgan fingerprint density at radius 2 is 2.20 bits per heavy atom. The average Bonchev–Trinajstić information content (AvgIpc) is 2.73. The molecule has 2 rings (SSSR count). The molecule has 5 nitrogen and oxygen atoms in total. The first kappa shape index (κ1) is 15.1. The average molecular weight is 357 g/mol. The van der Waals surface area contributed by atoms with Gasteiger partial charge in [0, 0.05) is 23.1 Å². The number of rotatable bonds is 4. The molecule has 0 atom stereocenters. The first-order chi connectivity index (χ1) is 9.49. The van der Waals surface area contributed by atoms with Gasteiger partial charge in [-0.05, 0) is 24.6 Å². The van der Waals surface area contributed by atoms with E-state index in [0.717, 1.165) is 26.7 Å². The summed E-state index contributed by atoms with van der Waals surface area (Å²) in [4.78, 5) is 35.8. The van der Waals surface area contributed by atoms with Crippen molar-refractivity contribution >= 4 is 44.7 Å². The van der Waals surface area contributed by atoms with E-state index < -0.39 is 0 Å². The third-order valence-electron chi connectivity index (χ3n) is 2.90. The fraction of sp³-hybridized carbons (Fsp3) is 0.308. The Hall–Kier alpha value is -1.34. The summed E-state index contributed by atoms with van der Waals surface area (Å²) in [6.45, 7) is 2.40. The minimum Gasteiger partial charge on any atom is -0.350 e. The highest BCUT2D eigenvalue weighted by atomic mass is 79.9. The highest BCUT2D eigenvalue weighted by Crippen LogP contribution is 2.18. The number of aryl methyl sites for hydroxylation is 1. The molecule has 3 amide bonds. The summed E-state index contributed by atoms with van der Waals surface area (Å²) in [5.74, 6) is -0.234. The second-order valence-electron chi connectivity index (χ2n) is 4.32. The van der Waals surface area contributed by atoms with E-state index in [1.54, 1.807) is 12.1 Å². The Bertz CT molecular complexity index is 561. The number of nitrogens with one attached hydrogen (secondary N) is 1. The molecule has 20 heavy (non-hydrogen) atoms. The van der Waals surface area contributed by atoms with Gasteiger partial charge in [0.15, 0.2) is 0 Å². The lowest BCUT2D eigenvalue weighted by atomic mass is 10.1. The number of benzene rings is 1. The summed E-state index contributed by atoms with van der Waals surface area (Å²) in [7, 11) is 0. The normalized spacial score (nSPS) is 14.8. The van der Waals surface area contributed by atoms with E-state index in [9.17, 15) is 14.4 Å². The SMILES string of the molecule is Cc1ccc(C(=O)NCCN2C(=O)CSC2=O)cc1Br. The van der Waals surface area contributed by atoms with Gasteiger partial charge in [0.25, 0.3) is 11.1 Å². The molecular weight excluding hydrogens is 344 g/mol. The first-order valence-corrected chi connectivity index (χ1v) is 7.78. The van der Waals surface area contributed by atoms with Crippen molar-refractivity contribution in [3.63, 3.8) is 0 Å². The highest BCUT2D eigenvalue weighted by Gasteiger charge is 2.29. The van der Waals surface area contributed by atoms with Gasteiger partial charge in [-0.1, -0.05) is 33.8 Å². The molecule has 0 unspecified atom stereocenters. The topological polar surface area (TPSA) is 66.5 Å². The van der Waals surface area contributed by atoms with Crippen molar-refractivity contribution in [3.8, 4) is 0 Å². The van der Waals surface area contributed by atoms with Crippen LogP contribution in [0, 0.1) is 6.92 Å². The molecule has 0 saturated carbocycles. The number of nitrogens with zero attached hydrogens (tertiary/aromatic N) is 1. The molecule has 1 N–H and O–H groups in total. The summed E-state index contributed by atoms with van der Waals surface area (Å²) < 4.78 is 0.867. The summed E-state index contributed by atoms with van der Waals surface area (Å²) in [6.07, 6.45) is 0. The molecule has 0 spiro atoms. The van der Waals surface area contributed by atoms with Crippen molar-refractivity contribution in [2.45, 2.75) is 6.92 Å². The van der Waals surface area contributed by atoms with Crippen LogP contribution in [-0.2, 0) is 4.79 Å². The molecule has 0 bridgehead atoms. The van der Waals surface area contributed by atoms with Gasteiger partial charge in [0.05, 0.1) is 5.75 Å². The van der Waals surface area contributed by atoms with Crippen molar-refractivity contribution in [3.05, 3.63) is 33.8 Å². The predicted octanol–water partition coefficient (Wildman–Crippen LogP) is 2.18. The number of amides is 3. The maximum absolute atomic E-state index is 11.9. The summed E-state index contributed by atoms with van der Waals surface area (Å²) in [5.41, 5.74) is 1.59. The molecule has 1 aromatic carbocycles. The van der Waals surface area contributed by atoms with E-state index in [4.69, 9.17) is 0 Å². The molecule has 106 valence electrons. The molecule has 7 heteroatoms. The van der Waals surface area contributed by atoms with Crippen LogP contribution in [0.3, 0.4) is 0 Å². The van der Waals surface area contributed by atoms with Crippen molar-refractivity contribution < 1.29 is 14.4 Å². The summed E-state index contributed by atoms with van der Waals surface area (Å²) >= 11 is 4.36. The number of imide groups is 1. The lowest BCUT2D eigenvalue weighted by Crippen LogP contribution is -2.37. The predicted molar refractivity (Wildman–Crippen MR) is 80.8 cm³/mol. The van der Waals surface area contributed by atoms with Crippen LogP contribution in [0.4, 0.5) is 4.79 Å². The van der Waals surface area contributed by atoms with E-state index in [2.05, 4.69) is 21.2 Å². The van der Waals surface area contributed by atoms with Crippen molar-refractivity contribution in [2.75, 3.05) is 18.8 Å². The van der Waals surface area contributed by atoms with Gasteiger partial charge < -0.3 is 5.32 Å². The lowest BCUT2D eigenvalue weighted by Gasteiger charge is -2.13. The van der Waals surface area contributed by atoms with E-state index in [1.807, 2.05) is 13.0 Å². The molecule has 1 fully saturated rings. The minimum absolute atomic E-state index is 0.192. The Morgan fingerprint density at radius 1 is 1.45 bits per heavy atom. The van der Waals surface area contributed by atoms with Crippen molar-refractivity contribution in [1.29, 1.82) is 0 Å². The zero-order valence-electron chi connectivity index (χ0n) is 10.8. The number of halogens is 1. The quantitative estimate of drug-likeness (QED) is 0.897. The molecular formula is C13H13BrN2O3S. The van der Waals surface area contributed by atoms with Gasteiger partial charge in [-0.15, -0.1) is 0 Å². The summed E-state index contributed by atoms with van der Waals surface area (Å²) in [6, 6.07) is 5.33. The number of hydrogen-bond acceptors (Lipinski definition) is 4. The van der Waals surface area contributed by atoms with Gasteiger partial charge in [-0.25, -0.2) is 0 Å². The third kappa shape index (κ3) is 3.40. The molecule has 1 aliphatic rings. The first-order valence-electron chi connectivity index (χ1n) is 6.00. The molecule has 1 saturated heterocycles. The number of thioether (sulfide) groups is 1. The van der Waals surface area contributed by atoms with E-state index in [-0.39, 0.29) is 35.9 Å². The van der Waals surface area contributed by atoms with Crippen LogP contribution < -0.4 is 5.32 Å². The zero-order chi connectivity index (χ0) is 14.7. The Labute approximate surface area is 129 Å². The third-order valence-corrected chi connectivity index (χ3v) is 4.61. The van der Waals surface area contributed by atoms with Gasteiger partial charge in [-0.3, -0.25) is 19.3 Å². The van der Waals surface area contributed by atoms with Gasteiger partial charge in [0.1, 0.15) is 0 Å². The van der Waals surface area contributed by atoms with Crippen LogP contribution in [0.5, 0.6) is 0 Å². The number of carbonyl (C=O) groups is 3. The second kappa shape index (κ2) is 6.41. The van der Waals surface area contributed by atoms with Gasteiger partial charge >= 0.3 is 0 Å². The lowest BCUT2D eigenvalue weighted by molar-refractivity contribution is -0.124. The minimum atomic E-state index is -0.248. The maximum Gasteiger partial charge on any atom is 0.288 e. The summed E-state index contributed by atoms with van der Waals surface area (Å²) in [5, 5.41) is 2.45. The van der Waals surface area contributed by atoms with Crippen LogP contribution in [0.15, 0.2) is 22.7 Å². The molecule has 0 aromatic heterocycles. The molecule has 0 aliphatic carbocycles. The smallest absolute Gasteiger partial charge is 0.288 e. The number of hydrogen-bond donors (Lipinski definition) is 1. The van der Waals surface area contributed by atoms with Gasteiger partial charge in [-0.2, -0.15) is 0 Å². The molecule has 1 aliphatic heterocycles. The molecule has 1 heterocycles. The zero-order valence-corrected chi connectivity index (χ0v) is 13.2. The molecule has 0 radical (unpaired) electrons. The standard InChI is InChI=1S/C13H13BrN2O3S/c1-8-2-3-9(6-10(8)14)12(18)15-4-5-16-11(17)7-20-13(16)19/h2-3,6H,4-5,7H2,1H3,(H,15,18). The van der Waals surface area contributed by atoms with Crippen LogP contribution in [0.1, 0.15) is 15.9 Å².